The van der Waals surface area contributed by atoms with Gasteiger partial charge in [-0.15, -0.1) is 0 Å². The highest BCUT2D eigenvalue weighted by Gasteiger charge is 2.22. The summed E-state index contributed by atoms with van der Waals surface area (Å²) in [6, 6.07) is 10.6. The molecule has 3 rings (SSSR count). The first-order valence-corrected chi connectivity index (χ1v) is 7.22. The minimum atomic E-state index is -0.515. The topological polar surface area (TPSA) is 46.5 Å². The zero-order valence-corrected chi connectivity index (χ0v) is 12.8. The fourth-order valence-electron chi connectivity index (χ4n) is 2.05. The molecule has 22 heavy (non-hydrogen) atoms. The number of hydrogen-bond acceptors (Lipinski definition) is 3. The second-order valence-corrected chi connectivity index (χ2v) is 5.62. The van der Waals surface area contributed by atoms with E-state index in [0.29, 0.717) is 22.5 Å². The van der Waals surface area contributed by atoms with E-state index in [1.807, 2.05) is 0 Å². The molecule has 0 aliphatic carbocycles. The highest BCUT2D eigenvalue weighted by molar-refractivity contribution is 9.10. The van der Waals surface area contributed by atoms with E-state index < -0.39 is 5.97 Å². The van der Waals surface area contributed by atoms with Crippen LogP contribution in [-0.2, 0) is 9.53 Å². The van der Waals surface area contributed by atoms with Gasteiger partial charge in [-0.05, 0) is 54.6 Å². The van der Waals surface area contributed by atoms with Crippen molar-refractivity contribution in [3.63, 3.8) is 0 Å². The quantitative estimate of drug-likeness (QED) is 0.642. The fraction of sp³-hybridized carbons (Fsp3) is 0. The fourth-order valence-corrected chi connectivity index (χ4v) is 2.43. The Morgan fingerprint density at radius 1 is 1.14 bits per heavy atom. The van der Waals surface area contributed by atoms with Gasteiger partial charge in [-0.1, -0.05) is 15.9 Å². The Balaban J connectivity index is 1.97. The minimum absolute atomic E-state index is 0.0622. The monoisotopic (exact) mass is 360 g/mol. The zero-order valence-electron chi connectivity index (χ0n) is 11.2. The Morgan fingerprint density at radius 3 is 2.59 bits per heavy atom. The first-order valence-electron chi connectivity index (χ1n) is 6.43. The maximum Gasteiger partial charge on any atom is 0.343 e. The summed E-state index contributed by atoms with van der Waals surface area (Å²) < 4.78 is 18.9. The average molecular weight is 361 g/mol. The van der Waals surface area contributed by atoms with Crippen LogP contribution in [0.2, 0.25) is 0 Å². The summed E-state index contributed by atoms with van der Waals surface area (Å²) in [4.78, 5) is 11.9. The summed E-state index contributed by atoms with van der Waals surface area (Å²) in [5.74, 6) is -0.458. The van der Waals surface area contributed by atoms with Crippen LogP contribution in [0.4, 0.5) is 4.39 Å². The highest BCUT2D eigenvalue weighted by atomic mass is 79.9. The molecule has 2 aromatic rings. The molecule has 110 valence electrons. The third-order valence-corrected chi connectivity index (χ3v) is 3.65. The Morgan fingerprint density at radius 2 is 1.86 bits per heavy atom. The lowest BCUT2D eigenvalue weighted by Crippen LogP contribution is -1.97. The number of aromatic hydroxyl groups is 1. The molecule has 0 fully saturated rings. The van der Waals surface area contributed by atoms with Crippen molar-refractivity contribution in [2.75, 3.05) is 0 Å². The number of rotatable bonds is 2. The number of ether oxygens (including phenoxy) is 1. The van der Waals surface area contributed by atoms with Crippen molar-refractivity contribution in [1.82, 2.24) is 0 Å². The molecular weight excluding hydrogens is 351 g/mol. The van der Waals surface area contributed by atoms with Crippen LogP contribution < -0.4 is 0 Å². The molecule has 1 N–H and O–H groups in total. The Hall–Kier alpha value is -2.40. The van der Waals surface area contributed by atoms with Gasteiger partial charge in [-0.25, -0.2) is 9.18 Å². The molecule has 3 nitrogen and oxygen atoms in total. The van der Waals surface area contributed by atoms with E-state index in [0.717, 1.165) is 4.47 Å². The number of benzene rings is 2. The van der Waals surface area contributed by atoms with Crippen LogP contribution in [0, 0.1) is 5.82 Å². The van der Waals surface area contributed by atoms with Gasteiger partial charge in [0.25, 0.3) is 0 Å². The molecule has 1 aliphatic rings. The SMILES string of the molecule is O=C1OC(c2ccc(F)cc2)=C/C1=C/c1cc(Br)ccc1O. The summed E-state index contributed by atoms with van der Waals surface area (Å²) in [6.07, 6.45) is 3.11. The van der Waals surface area contributed by atoms with Crippen LogP contribution in [0.15, 0.2) is 58.6 Å². The number of carbonyl (C=O) groups excluding carboxylic acids is 1. The normalized spacial score (nSPS) is 15.8. The van der Waals surface area contributed by atoms with Gasteiger partial charge in [-0.3, -0.25) is 0 Å². The van der Waals surface area contributed by atoms with E-state index >= 15 is 0 Å². The number of halogens is 2. The van der Waals surface area contributed by atoms with Crippen molar-refractivity contribution in [2.24, 2.45) is 0 Å². The molecule has 1 heterocycles. The average Bonchev–Trinajstić information content (AvgIpc) is 2.85. The number of cyclic esters (lactones) is 1. The highest BCUT2D eigenvalue weighted by Crippen LogP contribution is 2.30. The standard InChI is InChI=1S/C17H10BrFO3/c18-13-3-6-15(20)11(8-13)7-12-9-16(22-17(12)21)10-1-4-14(19)5-2-10/h1-9,20H/b12-7-. The number of esters is 1. The van der Waals surface area contributed by atoms with Crippen LogP contribution in [0.25, 0.3) is 11.8 Å². The first-order chi connectivity index (χ1) is 10.5. The van der Waals surface area contributed by atoms with Gasteiger partial charge in [0.1, 0.15) is 17.3 Å². The minimum Gasteiger partial charge on any atom is -0.507 e. The number of phenolic OH excluding ortho intramolecular Hbond substituents is 1. The van der Waals surface area contributed by atoms with Gasteiger partial charge >= 0.3 is 5.97 Å². The van der Waals surface area contributed by atoms with Crippen molar-refractivity contribution in [3.8, 4) is 5.75 Å². The summed E-state index contributed by atoms with van der Waals surface area (Å²) in [5, 5.41) is 9.82. The van der Waals surface area contributed by atoms with Crippen molar-refractivity contribution in [3.05, 3.63) is 75.5 Å². The lowest BCUT2D eigenvalue weighted by Gasteiger charge is -2.01. The summed E-state index contributed by atoms with van der Waals surface area (Å²) in [7, 11) is 0. The maximum absolute atomic E-state index is 12.9. The van der Waals surface area contributed by atoms with E-state index in [2.05, 4.69) is 15.9 Å². The van der Waals surface area contributed by atoms with Crippen LogP contribution in [0.1, 0.15) is 11.1 Å². The van der Waals surface area contributed by atoms with E-state index in [4.69, 9.17) is 4.74 Å². The van der Waals surface area contributed by atoms with Crippen molar-refractivity contribution in [1.29, 1.82) is 0 Å². The van der Waals surface area contributed by atoms with E-state index in [1.54, 1.807) is 24.3 Å². The van der Waals surface area contributed by atoms with Gasteiger partial charge in [0.15, 0.2) is 0 Å². The molecular formula is C17H10BrFO3. The summed E-state index contributed by atoms with van der Waals surface area (Å²) >= 11 is 3.31. The van der Waals surface area contributed by atoms with Gasteiger partial charge < -0.3 is 9.84 Å². The molecule has 0 saturated carbocycles. The van der Waals surface area contributed by atoms with Crippen molar-refractivity contribution in [2.45, 2.75) is 0 Å². The molecule has 0 amide bonds. The predicted octanol–water partition coefficient (Wildman–Crippen LogP) is 4.28. The van der Waals surface area contributed by atoms with E-state index in [9.17, 15) is 14.3 Å². The molecule has 2 aromatic carbocycles. The largest absolute Gasteiger partial charge is 0.507 e. The first kappa shape index (κ1) is 14.5. The van der Waals surface area contributed by atoms with Crippen molar-refractivity contribution < 1.29 is 19.0 Å². The van der Waals surface area contributed by atoms with Gasteiger partial charge in [0.05, 0.1) is 5.57 Å². The molecule has 0 bridgehead atoms. The van der Waals surface area contributed by atoms with Gasteiger partial charge in [0, 0.05) is 15.6 Å². The lowest BCUT2D eigenvalue weighted by molar-refractivity contribution is -0.130. The summed E-state index contributed by atoms with van der Waals surface area (Å²) in [5.41, 5.74) is 1.42. The smallest absolute Gasteiger partial charge is 0.343 e. The van der Waals surface area contributed by atoms with Crippen LogP contribution in [0.5, 0.6) is 5.75 Å². The molecule has 0 unspecified atom stereocenters. The molecule has 0 spiro atoms. The Bertz CT molecular complexity index is 807. The zero-order chi connectivity index (χ0) is 15.7. The molecule has 0 aromatic heterocycles. The Labute approximate surface area is 134 Å². The number of phenols is 1. The van der Waals surface area contributed by atoms with Crippen LogP contribution in [-0.4, -0.2) is 11.1 Å². The molecule has 1 aliphatic heterocycles. The van der Waals surface area contributed by atoms with Crippen molar-refractivity contribution >= 4 is 33.7 Å². The van der Waals surface area contributed by atoms with Gasteiger partial charge in [0.2, 0.25) is 0 Å². The second-order valence-electron chi connectivity index (χ2n) is 4.71. The maximum atomic E-state index is 12.9. The van der Waals surface area contributed by atoms with E-state index in [1.165, 1.54) is 30.3 Å². The van der Waals surface area contributed by atoms with E-state index in [-0.39, 0.29) is 11.6 Å². The number of carbonyl (C=O) groups is 1. The third kappa shape index (κ3) is 2.94. The predicted molar refractivity (Wildman–Crippen MR) is 84.3 cm³/mol. The number of hydrogen-bond donors (Lipinski definition) is 1. The van der Waals surface area contributed by atoms with Crippen LogP contribution in [0.3, 0.4) is 0 Å². The molecule has 0 radical (unpaired) electrons. The Kier molecular flexibility index (Phi) is 3.81. The second kappa shape index (κ2) is 5.77. The lowest BCUT2D eigenvalue weighted by atomic mass is 10.1. The molecule has 0 saturated heterocycles. The summed E-state index contributed by atoms with van der Waals surface area (Å²) in [6.45, 7) is 0. The van der Waals surface area contributed by atoms with Crippen LogP contribution >= 0.6 is 15.9 Å². The molecule has 0 atom stereocenters. The van der Waals surface area contributed by atoms with Gasteiger partial charge in [-0.2, -0.15) is 0 Å². The third-order valence-electron chi connectivity index (χ3n) is 3.15. The molecule has 5 heteroatoms.